The SMILES string of the molecule is Cc1ccc(N=C2S[C@@H](C(=O)Nc3ccc(C(=O)O)cc3)CC(=O)N2C)cc1Cl. The fourth-order valence-electron chi connectivity index (χ4n) is 2.58. The summed E-state index contributed by atoms with van der Waals surface area (Å²) >= 11 is 7.33. The molecule has 29 heavy (non-hydrogen) atoms. The minimum Gasteiger partial charge on any atom is -0.478 e. The van der Waals surface area contributed by atoms with Gasteiger partial charge in [0.05, 0.1) is 11.3 Å². The van der Waals surface area contributed by atoms with Gasteiger partial charge in [0.1, 0.15) is 5.25 Å². The molecule has 150 valence electrons. The summed E-state index contributed by atoms with van der Waals surface area (Å²) in [6, 6.07) is 11.1. The van der Waals surface area contributed by atoms with Crippen molar-refractivity contribution < 1.29 is 19.5 Å². The maximum Gasteiger partial charge on any atom is 0.335 e. The van der Waals surface area contributed by atoms with Gasteiger partial charge < -0.3 is 10.4 Å². The van der Waals surface area contributed by atoms with Crippen molar-refractivity contribution in [2.24, 2.45) is 4.99 Å². The van der Waals surface area contributed by atoms with Gasteiger partial charge >= 0.3 is 5.97 Å². The highest BCUT2D eigenvalue weighted by molar-refractivity contribution is 8.15. The molecule has 0 aliphatic carbocycles. The number of halogens is 1. The van der Waals surface area contributed by atoms with E-state index in [-0.39, 0.29) is 23.8 Å². The number of aromatic carboxylic acids is 1. The molecular weight excluding hydrogens is 414 g/mol. The Morgan fingerprint density at radius 3 is 2.55 bits per heavy atom. The van der Waals surface area contributed by atoms with Crippen molar-refractivity contribution in [1.29, 1.82) is 0 Å². The van der Waals surface area contributed by atoms with Gasteiger partial charge in [0.2, 0.25) is 11.8 Å². The van der Waals surface area contributed by atoms with Crippen LogP contribution < -0.4 is 5.32 Å². The van der Waals surface area contributed by atoms with Crippen LogP contribution >= 0.6 is 23.4 Å². The highest BCUT2D eigenvalue weighted by atomic mass is 35.5. The van der Waals surface area contributed by atoms with E-state index in [4.69, 9.17) is 16.7 Å². The van der Waals surface area contributed by atoms with Crippen molar-refractivity contribution in [3.8, 4) is 0 Å². The molecule has 2 aromatic carbocycles. The molecule has 0 saturated carbocycles. The van der Waals surface area contributed by atoms with Crippen molar-refractivity contribution in [3.63, 3.8) is 0 Å². The van der Waals surface area contributed by atoms with E-state index in [1.165, 1.54) is 40.9 Å². The molecule has 9 heteroatoms. The first-order valence-electron chi connectivity index (χ1n) is 8.67. The predicted molar refractivity (Wildman–Crippen MR) is 114 cm³/mol. The van der Waals surface area contributed by atoms with E-state index < -0.39 is 11.2 Å². The van der Waals surface area contributed by atoms with Crippen molar-refractivity contribution >= 4 is 57.7 Å². The monoisotopic (exact) mass is 431 g/mol. The Morgan fingerprint density at radius 2 is 1.93 bits per heavy atom. The van der Waals surface area contributed by atoms with Crippen LogP contribution in [0.4, 0.5) is 11.4 Å². The van der Waals surface area contributed by atoms with Crippen LogP contribution in [0.5, 0.6) is 0 Å². The Labute approximate surface area is 176 Å². The summed E-state index contributed by atoms with van der Waals surface area (Å²) in [6.45, 7) is 1.88. The van der Waals surface area contributed by atoms with Crippen LogP contribution in [0.2, 0.25) is 5.02 Å². The first kappa shape index (κ1) is 20.9. The van der Waals surface area contributed by atoms with Crippen LogP contribution in [0.15, 0.2) is 47.5 Å². The average Bonchev–Trinajstić information content (AvgIpc) is 2.68. The topological polar surface area (TPSA) is 99.1 Å². The normalized spacial score (nSPS) is 18.0. The summed E-state index contributed by atoms with van der Waals surface area (Å²) in [7, 11) is 1.61. The van der Waals surface area contributed by atoms with Crippen molar-refractivity contribution in [2.75, 3.05) is 12.4 Å². The molecule has 1 aliphatic rings. The molecule has 1 aliphatic heterocycles. The van der Waals surface area contributed by atoms with Crippen LogP contribution in [-0.2, 0) is 9.59 Å². The van der Waals surface area contributed by atoms with Gasteiger partial charge in [-0.05, 0) is 48.9 Å². The molecule has 2 amide bonds. The third-order valence-corrected chi connectivity index (χ3v) is 5.99. The number of rotatable bonds is 4. The first-order chi connectivity index (χ1) is 13.7. The van der Waals surface area contributed by atoms with Gasteiger partial charge in [0, 0.05) is 24.2 Å². The van der Waals surface area contributed by atoms with Crippen LogP contribution in [0.1, 0.15) is 22.3 Å². The second kappa shape index (κ2) is 8.67. The largest absolute Gasteiger partial charge is 0.478 e. The molecular formula is C20H18ClN3O4S. The standard InChI is InChI=1S/C20H18ClN3O4S/c1-11-3-6-14(9-15(11)21)23-20-24(2)17(25)10-16(29-20)18(26)22-13-7-4-12(5-8-13)19(27)28/h3-9,16H,10H2,1-2H3,(H,22,26)(H,27,28)/t16-/m1/s1. The van der Waals surface area contributed by atoms with Crippen molar-refractivity contribution in [1.82, 2.24) is 4.90 Å². The van der Waals surface area contributed by atoms with Crippen molar-refractivity contribution in [3.05, 3.63) is 58.6 Å². The van der Waals surface area contributed by atoms with Gasteiger partial charge in [-0.1, -0.05) is 29.4 Å². The van der Waals surface area contributed by atoms with Crippen LogP contribution in [-0.4, -0.2) is 45.3 Å². The molecule has 1 heterocycles. The zero-order chi connectivity index (χ0) is 21.1. The minimum absolute atomic E-state index is 0.0356. The number of carbonyl (C=O) groups is 3. The number of hydrogen-bond donors (Lipinski definition) is 2. The zero-order valence-electron chi connectivity index (χ0n) is 15.7. The van der Waals surface area contributed by atoms with Crippen molar-refractivity contribution in [2.45, 2.75) is 18.6 Å². The summed E-state index contributed by atoms with van der Waals surface area (Å²) < 4.78 is 0. The second-order valence-electron chi connectivity index (χ2n) is 6.46. The van der Waals surface area contributed by atoms with Crippen LogP contribution in [0, 0.1) is 6.92 Å². The lowest BCUT2D eigenvalue weighted by molar-refractivity contribution is -0.128. The molecule has 0 aromatic heterocycles. The van der Waals surface area contributed by atoms with Gasteiger partial charge in [-0.2, -0.15) is 0 Å². The number of benzene rings is 2. The summed E-state index contributed by atoms with van der Waals surface area (Å²) in [5.41, 5.74) is 2.09. The van der Waals surface area contributed by atoms with E-state index in [0.29, 0.717) is 21.6 Å². The highest BCUT2D eigenvalue weighted by Crippen LogP contribution is 2.30. The Hall–Kier alpha value is -2.84. The number of nitrogens with zero attached hydrogens (tertiary/aromatic N) is 2. The molecule has 7 nitrogen and oxygen atoms in total. The van der Waals surface area contributed by atoms with Gasteiger partial charge in [0.15, 0.2) is 5.17 Å². The molecule has 2 aromatic rings. The molecule has 2 N–H and O–H groups in total. The minimum atomic E-state index is -1.04. The summed E-state index contributed by atoms with van der Waals surface area (Å²) in [6.07, 6.45) is 0.0356. The first-order valence-corrected chi connectivity index (χ1v) is 9.92. The van der Waals surface area contributed by atoms with E-state index in [9.17, 15) is 14.4 Å². The molecule has 0 spiro atoms. The molecule has 1 saturated heterocycles. The maximum absolute atomic E-state index is 12.6. The Balaban J connectivity index is 1.76. The van der Waals surface area contributed by atoms with E-state index >= 15 is 0 Å². The number of aryl methyl sites for hydroxylation is 1. The summed E-state index contributed by atoms with van der Waals surface area (Å²) in [4.78, 5) is 41.8. The number of amides is 2. The number of nitrogens with one attached hydrogen (secondary N) is 1. The van der Waals surface area contributed by atoms with Gasteiger partial charge in [-0.3, -0.25) is 14.5 Å². The van der Waals surface area contributed by atoms with Crippen LogP contribution in [0.25, 0.3) is 0 Å². The van der Waals surface area contributed by atoms with E-state index in [2.05, 4.69) is 10.3 Å². The third kappa shape index (κ3) is 4.96. The molecule has 1 fully saturated rings. The average molecular weight is 432 g/mol. The smallest absolute Gasteiger partial charge is 0.335 e. The predicted octanol–water partition coefficient (Wildman–Crippen LogP) is 3.94. The van der Waals surface area contributed by atoms with Gasteiger partial charge in [-0.25, -0.2) is 9.79 Å². The fraction of sp³-hybridized carbons (Fsp3) is 0.200. The number of anilines is 1. The van der Waals surface area contributed by atoms with E-state index in [1.807, 2.05) is 13.0 Å². The van der Waals surface area contributed by atoms with E-state index in [1.54, 1.807) is 19.2 Å². The molecule has 3 rings (SSSR count). The highest BCUT2D eigenvalue weighted by Gasteiger charge is 2.34. The number of aliphatic imine (C=N–C) groups is 1. The van der Waals surface area contributed by atoms with Gasteiger partial charge in [0.25, 0.3) is 0 Å². The molecule has 0 unspecified atom stereocenters. The Bertz CT molecular complexity index is 1010. The quantitative estimate of drug-likeness (QED) is 0.763. The van der Waals surface area contributed by atoms with Crippen LogP contribution in [0.3, 0.4) is 0 Å². The maximum atomic E-state index is 12.6. The summed E-state index contributed by atoms with van der Waals surface area (Å²) in [5.74, 6) is -1.62. The molecule has 1 atom stereocenters. The lowest BCUT2D eigenvalue weighted by atomic mass is 10.2. The Morgan fingerprint density at radius 1 is 1.24 bits per heavy atom. The van der Waals surface area contributed by atoms with E-state index in [0.717, 1.165) is 5.56 Å². The summed E-state index contributed by atoms with van der Waals surface area (Å²) in [5, 5.41) is 12.0. The third-order valence-electron chi connectivity index (χ3n) is 4.34. The molecule has 0 radical (unpaired) electrons. The fourth-order valence-corrected chi connectivity index (χ4v) is 3.82. The number of amidine groups is 1. The number of carboxylic acid groups (broad SMARTS) is 1. The molecule has 0 bridgehead atoms. The van der Waals surface area contributed by atoms with Gasteiger partial charge in [-0.15, -0.1) is 0 Å². The lowest BCUT2D eigenvalue weighted by Gasteiger charge is -2.28. The Kier molecular flexibility index (Phi) is 6.24. The number of carbonyl (C=O) groups excluding carboxylic acids is 2. The second-order valence-corrected chi connectivity index (χ2v) is 8.04. The number of hydrogen-bond acceptors (Lipinski definition) is 5. The zero-order valence-corrected chi connectivity index (χ0v) is 17.3. The number of carboxylic acids is 1. The number of thioether (sulfide) groups is 1. The lowest BCUT2D eigenvalue weighted by Crippen LogP contribution is -2.43.